The molecule has 0 aromatic heterocycles. The molecule has 1 aromatic rings. The molecular formula is C14H22. The minimum atomic E-state index is 0.725. The van der Waals surface area contributed by atoms with Crippen LogP contribution >= 0.6 is 0 Å². The summed E-state index contributed by atoms with van der Waals surface area (Å²) in [6, 6.07) is 8.91. The topological polar surface area (TPSA) is 0 Å². The molecule has 1 aromatic carbocycles. The third kappa shape index (κ3) is 2.87. The Morgan fingerprint density at radius 1 is 1.07 bits per heavy atom. The molecule has 1 unspecified atom stereocenters. The molecule has 0 spiro atoms. The first-order valence-corrected chi connectivity index (χ1v) is 5.87. The van der Waals surface area contributed by atoms with Gasteiger partial charge in [0.25, 0.3) is 0 Å². The van der Waals surface area contributed by atoms with Gasteiger partial charge in [-0.15, -0.1) is 0 Å². The van der Waals surface area contributed by atoms with E-state index in [1.807, 2.05) is 0 Å². The summed E-state index contributed by atoms with van der Waals surface area (Å²) in [5.74, 6) is 0.725. The molecule has 0 aliphatic carbocycles. The Balaban J connectivity index is 2.82. The summed E-state index contributed by atoms with van der Waals surface area (Å²) in [4.78, 5) is 0. The first-order valence-electron chi connectivity index (χ1n) is 5.87. The smallest absolute Gasteiger partial charge is 0.0188 e. The van der Waals surface area contributed by atoms with Gasteiger partial charge in [0, 0.05) is 0 Å². The molecule has 78 valence electrons. The van der Waals surface area contributed by atoms with Crippen LogP contribution in [0, 0.1) is 0 Å². The number of hydrogen-bond donors (Lipinski definition) is 0. The van der Waals surface area contributed by atoms with Crippen molar-refractivity contribution in [3.8, 4) is 0 Å². The van der Waals surface area contributed by atoms with Crippen LogP contribution in [0.25, 0.3) is 0 Å². The molecule has 0 saturated carbocycles. The summed E-state index contributed by atoms with van der Waals surface area (Å²) in [6.07, 6.45) is 5.06. The van der Waals surface area contributed by atoms with Gasteiger partial charge in [0.1, 0.15) is 0 Å². The third-order valence-corrected chi connectivity index (χ3v) is 2.83. The van der Waals surface area contributed by atoms with Crippen LogP contribution in [-0.2, 0) is 6.42 Å². The first kappa shape index (κ1) is 11.3. The molecule has 0 bridgehead atoms. The Labute approximate surface area is 88.4 Å². The maximum atomic E-state index is 2.35. The fourth-order valence-electron chi connectivity index (χ4n) is 2.10. The molecule has 0 aliphatic heterocycles. The molecule has 0 aliphatic rings. The van der Waals surface area contributed by atoms with E-state index in [-0.39, 0.29) is 0 Å². The summed E-state index contributed by atoms with van der Waals surface area (Å²) in [7, 11) is 0. The largest absolute Gasteiger partial charge is 0.0654 e. The summed E-state index contributed by atoms with van der Waals surface area (Å²) in [6.45, 7) is 6.86. The lowest BCUT2D eigenvalue weighted by Gasteiger charge is -2.15. The fraction of sp³-hybridized carbons (Fsp3) is 0.571. The van der Waals surface area contributed by atoms with Crippen molar-refractivity contribution in [3.05, 3.63) is 35.4 Å². The maximum absolute atomic E-state index is 2.35. The predicted octanol–water partition coefficient (Wildman–Crippen LogP) is 4.54. The Hall–Kier alpha value is -0.780. The molecule has 0 radical (unpaired) electrons. The molecule has 0 saturated heterocycles. The van der Waals surface area contributed by atoms with Crippen molar-refractivity contribution in [3.63, 3.8) is 0 Å². The number of aryl methyl sites for hydroxylation is 1. The van der Waals surface area contributed by atoms with Crippen LogP contribution in [0.4, 0.5) is 0 Å². The molecule has 14 heavy (non-hydrogen) atoms. The second kappa shape index (κ2) is 5.85. The van der Waals surface area contributed by atoms with Gasteiger partial charge < -0.3 is 0 Å². The van der Waals surface area contributed by atoms with Gasteiger partial charge in [-0.25, -0.2) is 0 Å². The van der Waals surface area contributed by atoms with Crippen molar-refractivity contribution in [2.24, 2.45) is 0 Å². The van der Waals surface area contributed by atoms with E-state index in [0.29, 0.717) is 0 Å². The quantitative estimate of drug-likeness (QED) is 0.639. The van der Waals surface area contributed by atoms with Crippen molar-refractivity contribution in [2.75, 3.05) is 0 Å². The summed E-state index contributed by atoms with van der Waals surface area (Å²) < 4.78 is 0. The lowest BCUT2D eigenvalue weighted by atomic mass is 9.90. The third-order valence-electron chi connectivity index (χ3n) is 2.83. The highest BCUT2D eigenvalue weighted by molar-refractivity contribution is 5.30. The van der Waals surface area contributed by atoms with Crippen LogP contribution in [-0.4, -0.2) is 0 Å². The van der Waals surface area contributed by atoms with Gasteiger partial charge in [-0.05, 0) is 29.9 Å². The Bertz CT molecular complexity index is 262. The Kier molecular flexibility index (Phi) is 4.72. The molecule has 0 N–H and O–H groups in total. The average Bonchev–Trinajstić information content (AvgIpc) is 2.19. The second-order valence-corrected chi connectivity index (χ2v) is 4.14. The van der Waals surface area contributed by atoms with Crippen LogP contribution in [0.5, 0.6) is 0 Å². The zero-order valence-corrected chi connectivity index (χ0v) is 9.72. The summed E-state index contributed by atoms with van der Waals surface area (Å²) in [5.41, 5.74) is 3.12. The standard InChI is InChI=1S/C14H22/c1-4-8-12(3)14-11-7-6-10-13(14)9-5-2/h6-7,10-12H,4-5,8-9H2,1-3H3. The van der Waals surface area contributed by atoms with Gasteiger partial charge in [-0.3, -0.25) is 0 Å². The minimum Gasteiger partial charge on any atom is -0.0654 e. The van der Waals surface area contributed by atoms with Crippen molar-refractivity contribution >= 4 is 0 Å². The number of benzene rings is 1. The van der Waals surface area contributed by atoms with Gasteiger partial charge in [0.2, 0.25) is 0 Å². The lowest BCUT2D eigenvalue weighted by Crippen LogP contribution is -1.98. The zero-order chi connectivity index (χ0) is 10.4. The van der Waals surface area contributed by atoms with E-state index in [1.54, 1.807) is 11.1 Å². The zero-order valence-electron chi connectivity index (χ0n) is 9.72. The number of hydrogen-bond acceptors (Lipinski definition) is 0. The Morgan fingerprint density at radius 2 is 1.79 bits per heavy atom. The van der Waals surface area contributed by atoms with E-state index in [2.05, 4.69) is 45.0 Å². The van der Waals surface area contributed by atoms with Crippen LogP contribution in [0.1, 0.15) is 57.1 Å². The van der Waals surface area contributed by atoms with Crippen LogP contribution in [0.3, 0.4) is 0 Å². The average molecular weight is 190 g/mol. The van der Waals surface area contributed by atoms with Gasteiger partial charge in [0.05, 0.1) is 0 Å². The lowest BCUT2D eigenvalue weighted by molar-refractivity contribution is 0.656. The first-order chi connectivity index (χ1) is 6.79. The van der Waals surface area contributed by atoms with Crippen molar-refractivity contribution < 1.29 is 0 Å². The van der Waals surface area contributed by atoms with E-state index in [4.69, 9.17) is 0 Å². The highest BCUT2D eigenvalue weighted by Crippen LogP contribution is 2.24. The van der Waals surface area contributed by atoms with E-state index < -0.39 is 0 Å². The van der Waals surface area contributed by atoms with Gasteiger partial charge in [-0.1, -0.05) is 57.9 Å². The fourth-order valence-corrected chi connectivity index (χ4v) is 2.10. The minimum absolute atomic E-state index is 0.725. The van der Waals surface area contributed by atoms with Gasteiger partial charge in [-0.2, -0.15) is 0 Å². The van der Waals surface area contributed by atoms with Gasteiger partial charge >= 0.3 is 0 Å². The highest BCUT2D eigenvalue weighted by atomic mass is 14.1. The van der Waals surface area contributed by atoms with Crippen LogP contribution in [0.2, 0.25) is 0 Å². The monoisotopic (exact) mass is 190 g/mol. The maximum Gasteiger partial charge on any atom is -0.0188 e. The molecule has 0 nitrogen and oxygen atoms in total. The molecule has 1 rings (SSSR count). The normalized spacial score (nSPS) is 12.8. The molecule has 1 atom stereocenters. The van der Waals surface area contributed by atoms with E-state index in [0.717, 1.165) is 5.92 Å². The van der Waals surface area contributed by atoms with Crippen molar-refractivity contribution in [1.82, 2.24) is 0 Å². The van der Waals surface area contributed by atoms with E-state index in [1.165, 1.54) is 25.7 Å². The molecule has 0 amide bonds. The highest BCUT2D eigenvalue weighted by Gasteiger charge is 2.07. The van der Waals surface area contributed by atoms with Crippen LogP contribution < -0.4 is 0 Å². The van der Waals surface area contributed by atoms with Crippen molar-refractivity contribution in [2.45, 2.75) is 52.4 Å². The van der Waals surface area contributed by atoms with E-state index in [9.17, 15) is 0 Å². The number of rotatable bonds is 5. The van der Waals surface area contributed by atoms with Crippen molar-refractivity contribution in [1.29, 1.82) is 0 Å². The van der Waals surface area contributed by atoms with Gasteiger partial charge in [0.15, 0.2) is 0 Å². The van der Waals surface area contributed by atoms with E-state index >= 15 is 0 Å². The molecule has 0 fully saturated rings. The molecular weight excluding hydrogens is 168 g/mol. The molecule has 0 heteroatoms. The van der Waals surface area contributed by atoms with Crippen LogP contribution in [0.15, 0.2) is 24.3 Å². The molecule has 0 heterocycles. The Morgan fingerprint density at radius 3 is 2.43 bits per heavy atom. The SMILES string of the molecule is CCCc1ccccc1C(C)CCC. The summed E-state index contributed by atoms with van der Waals surface area (Å²) >= 11 is 0. The predicted molar refractivity (Wildman–Crippen MR) is 63.8 cm³/mol. The summed E-state index contributed by atoms with van der Waals surface area (Å²) in [5, 5.41) is 0. The second-order valence-electron chi connectivity index (χ2n) is 4.14.